The van der Waals surface area contributed by atoms with E-state index in [0.29, 0.717) is 12.1 Å². The van der Waals surface area contributed by atoms with Gasteiger partial charge in [-0.15, -0.1) is 0 Å². The van der Waals surface area contributed by atoms with Gasteiger partial charge >= 0.3 is 11.9 Å². The predicted molar refractivity (Wildman–Crippen MR) is 142 cm³/mol. The highest BCUT2D eigenvalue weighted by molar-refractivity contribution is 6.33. The second-order valence-corrected chi connectivity index (χ2v) is 9.02. The van der Waals surface area contributed by atoms with Gasteiger partial charge in [0.05, 0.1) is 23.6 Å². The summed E-state index contributed by atoms with van der Waals surface area (Å²) in [5, 5.41) is 26.5. The lowest BCUT2D eigenvalue weighted by Gasteiger charge is -2.16. The summed E-state index contributed by atoms with van der Waals surface area (Å²) in [5.74, 6) is -2.15. The van der Waals surface area contributed by atoms with Crippen molar-refractivity contribution in [3.05, 3.63) is 63.7 Å². The van der Waals surface area contributed by atoms with Crippen LogP contribution in [-0.4, -0.2) is 47.7 Å². The van der Waals surface area contributed by atoms with E-state index < -0.39 is 11.9 Å². The fourth-order valence-electron chi connectivity index (χ4n) is 3.79. The fraction of sp³-hybridized carbons (Fsp3) is 0.444. The highest BCUT2D eigenvalue weighted by Gasteiger charge is 2.14. The Morgan fingerprint density at radius 2 is 1.61 bits per heavy atom. The Labute approximate surface area is 217 Å². The number of aliphatic carboxylic acids is 2. The summed E-state index contributed by atoms with van der Waals surface area (Å²) in [6.45, 7) is 5.57. The van der Waals surface area contributed by atoms with Crippen LogP contribution in [0.5, 0.6) is 0 Å². The van der Waals surface area contributed by atoms with E-state index in [1.54, 1.807) is 0 Å². The Kier molecular flexibility index (Phi) is 12.8. The lowest BCUT2D eigenvalue weighted by atomic mass is 10.0. The second kappa shape index (κ2) is 15.8. The number of halogens is 1. The molecule has 3 rings (SSSR count). The molecule has 0 aliphatic carbocycles. The van der Waals surface area contributed by atoms with Crippen LogP contribution in [0.3, 0.4) is 0 Å². The third kappa shape index (κ3) is 10.3. The van der Waals surface area contributed by atoms with Gasteiger partial charge in [-0.05, 0) is 67.2 Å². The Balaban J connectivity index is 0.000000493. The van der Waals surface area contributed by atoms with Crippen molar-refractivity contribution in [3.8, 4) is 0 Å². The van der Waals surface area contributed by atoms with Crippen LogP contribution in [0.15, 0.2) is 36.4 Å². The molecule has 196 valence electrons. The molecule has 0 radical (unpaired) electrons. The summed E-state index contributed by atoms with van der Waals surface area (Å²) < 4.78 is 0. The highest BCUT2D eigenvalue weighted by atomic mass is 35.5. The van der Waals surface area contributed by atoms with Crippen molar-refractivity contribution >= 4 is 35.1 Å². The lowest BCUT2D eigenvalue weighted by Crippen LogP contribution is -2.24. The Morgan fingerprint density at radius 3 is 2.25 bits per heavy atom. The summed E-state index contributed by atoms with van der Waals surface area (Å²) in [6, 6.07) is 11.9. The molecular formula is C27H36ClN3O5. The van der Waals surface area contributed by atoms with Gasteiger partial charge in [-0.25, -0.2) is 0 Å². The SMILES string of the molecule is CCCCCNC(=O)c1ccc(CNc2c(Cl)ccc3c2CCNCC3)cc1.O=C(O)CCC(=O)O. The molecule has 0 saturated carbocycles. The maximum atomic E-state index is 12.2. The molecule has 0 aromatic heterocycles. The first kappa shape index (κ1) is 29.1. The molecule has 8 nitrogen and oxygen atoms in total. The van der Waals surface area contributed by atoms with E-state index in [1.807, 2.05) is 30.3 Å². The average Bonchev–Trinajstić information content (AvgIpc) is 3.11. The van der Waals surface area contributed by atoms with Crippen molar-refractivity contribution in [3.63, 3.8) is 0 Å². The number of hydrogen-bond donors (Lipinski definition) is 5. The van der Waals surface area contributed by atoms with E-state index in [4.69, 9.17) is 21.8 Å². The zero-order valence-electron chi connectivity index (χ0n) is 20.7. The third-order valence-corrected chi connectivity index (χ3v) is 6.10. The van der Waals surface area contributed by atoms with Crippen molar-refractivity contribution in [2.24, 2.45) is 0 Å². The fourth-order valence-corrected chi connectivity index (χ4v) is 4.04. The van der Waals surface area contributed by atoms with Crippen LogP contribution in [0.1, 0.15) is 66.1 Å². The summed E-state index contributed by atoms with van der Waals surface area (Å²) in [6.07, 6.45) is 4.75. The normalized spacial score (nSPS) is 12.4. The lowest BCUT2D eigenvalue weighted by molar-refractivity contribution is -0.143. The second-order valence-electron chi connectivity index (χ2n) is 8.61. The molecule has 9 heteroatoms. The molecule has 2 aromatic rings. The summed E-state index contributed by atoms with van der Waals surface area (Å²) in [7, 11) is 0. The standard InChI is InChI=1S/C23H30ClN3O.C4H6O4/c1-2-3-4-13-26-23(28)19-7-5-17(6-8-19)16-27-22-20-12-15-25-14-11-18(20)9-10-21(22)24;5-3(6)1-2-4(7)8/h5-10,25,27H,2-4,11-16H2,1H3,(H,26,28);1-2H2,(H,5,6)(H,7,8). The topological polar surface area (TPSA) is 128 Å². The highest BCUT2D eigenvalue weighted by Crippen LogP contribution is 2.31. The molecule has 1 amide bonds. The molecule has 2 aromatic carbocycles. The van der Waals surface area contributed by atoms with Crippen molar-refractivity contribution < 1.29 is 24.6 Å². The molecule has 1 aliphatic heterocycles. The van der Waals surface area contributed by atoms with Crippen molar-refractivity contribution in [2.45, 2.75) is 58.4 Å². The van der Waals surface area contributed by atoms with Crippen molar-refractivity contribution in [1.29, 1.82) is 0 Å². The third-order valence-electron chi connectivity index (χ3n) is 5.79. The minimum atomic E-state index is -1.08. The monoisotopic (exact) mass is 517 g/mol. The number of hydrogen-bond acceptors (Lipinski definition) is 5. The average molecular weight is 518 g/mol. The minimum absolute atomic E-state index is 0.000430. The van der Waals surface area contributed by atoms with Crippen LogP contribution in [0.4, 0.5) is 5.69 Å². The molecule has 0 bridgehead atoms. The number of carbonyl (C=O) groups excluding carboxylic acids is 1. The largest absolute Gasteiger partial charge is 0.481 e. The molecule has 0 saturated heterocycles. The molecule has 0 spiro atoms. The number of unbranched alkanes of at least 4 members (excludes halogenated alkanes) is 2. The van der Waals surface area contributed by atoms with E-state index >= 15 is 0 Å². The number of anilines is 1. The van der Waals surface area contributed by atoms with Gasteiger partial charge in [0, 0.05) is 18.7 Å². The van der Waals surface area contributed by atoms with Gasteiger partial charge in [-0.2, -0.15) is 0 Å². The van der Waals surface area contributed by atoms with E-state index in [2.05, 4.69) is 28.9 Å². The van der Waals surface area contributed by atoms with Gasteiger partial charge < -0.3 is 26.2 Å². The number of benzene rings is 2. The predicted octanol–water partition coefficient (Wildman–Crippen LogP) is 4.50. The van der Waals surface area contributed by atoms with Gasteiger partial charge in [0.2, 0.25) is 0 Å². The zero-order valence-corrected chi connectivity index (χ0v) is 21.5. The van der Waals surface area contributed by atoms with E-state index in [9.17, 15) is 14.4 Å². The molecule has 0 atom stereocenters. The summed E-state index contributed by atoms with van der Waals surface area (Å²) in [5.41, 5.74) is 5.56. The number of carboxylic acids is 2. The smallest absolute Gasteiger partial charge is 0.303 e. The van der Waals surface area contributed by atoms with Crippen LogP contribution in [-0.2, 0) is 29.0 Å². The molecule has 5 N–H and O–H groups in total. The van der Waals surface area contributed by atoms with E-state index in [-0.39, 0.29) is 18.7 Å². The summed E-state index contributed by atoms with van der Waals surface area (Å²) in [4.78, 5) is 31.5. The molecule has 1 heterocycles. The molecule has 1 aliphatic rings. The van der Waals surface area contributed by atoms with Crippen LogP contribution in [0, 0.1) is 0 Å². The maximum Gasteiger partial charge on any atom is 0.303 e. The first-order chi connectivity index (χ1) is 17.3. The van der Waals surface area contributed by atoms with Crippen molar-refractivity contribution in [1.82, 2.24) is 10.6 Å². The van der Waals surface area contributed by atoms with Gasteiger partial charge in [0.25, 0.3) is 5.91 Å². The first-order valence-electron chi connectivity index (χ1n) is 12.4. The number of carboxylic acid groups (broad SMARTS) is 2. The molecular weight excluding hydrogens is 482 g/mol. The number of carbonyl (C=O) groups is 3. The van der Waals surface area contributed by atoms with Crippen molar-refractivity contribution in [2.75, 3.05) is 25.0 Å². The molecule has 0 unspecified atom stereocenters. The first-order valence-corrected chi connectivity index (χ1v) is 12.7. The zero-order chi connectivity index (χ0) is 26.3. The Hall–Kier alpha value is -3.10. The Bertz CT molecular complexity index is 997. The Morgan fingerprint density at radius 1 is 0.944 bits per heavy atom. The number of fused-ring (bicyclic) bond motifs is 1. The van der Waals surface area contributed by atoms with Gasteiger partial charge in [0.1, 0.15) is 0 Å². The number of nitrogens with one attached hydrogen (secondary N) is 3. The van der Waals surface area contributed by atoms with Crippen LogP contribution in [0.2, 0.25) is 5.02 Å². The van der Waals surface area contributed by atoms with E-state index in [0.717, 1.165) is 68.0 Å². The number of amides is 1. The molecule has 36 heavy (non-hydrogen) atoms. The van der Waals surface area contributed by atoms with E-state index in [1.165, 1.54) is 11.1 Å². The van der Waals surface area contributed by atoms with Crippen LogP contribution >= 0.6 is 11.6 Å². The summed E-state index contributed by atoms with van der Waals surface area (Å²) >= 11 is 6.48. The quantitative estimate of drug-likeness (QED) is 0.278. The van der Waals surface area contributed by atoms with Crippen LogP contribution in [0.25, 0.3) is 0 Å². The van der Waals surface area contributed by atoms with Crippen LogP contribution < -0.4 is 16.0 Å². The number of rotatable bonds is 11. The maximum absolute atomic E-state index is 12.2. The van der Waals surface area contributed by atoms with Gasteiger partial charge in [0.15, 0.2) is 0 Å². The minimum Gasteiger partial charge on any atom is -0.481 e. The molecule has 0 fully saturated rings. The van der Waals surface area contributed by atoms with Gasteiger partial charge in [-0.3, -0.25) is 14.4 Å². The van der Waals surface area contributed by atoms with Gasteiger partial charge in [-0.1, -0.05) is 49.6 Å².